The van der Waals surface area contributed by atoms with E-state index in [0.717, 1.165) is 24.2 Å². The zero-order valence-corrected chi connectivity index (χ0v) is 8.17. The van der Waals surface area contributed by atoms with E-state index in [0.29, 0.717) is 12.5 Å². The fraction of sp³-hybridized carbons (Fsp3) is 0.778. The molecule has 72 valence electrons. The highest BCUT2D eigenvalue weighted by Crippen LogP contribution is 2.42. The molecule has 1 heterocycles. The molecule has 3 N–H and O–H groups in total. The van der Waals surface area contributed by atoms with Crippen LogP contribution in [0.25, 0.3) is 0 Å². The molecule has 2 rings (SSSR count). The van der Waals surface area contributed by atoms with Crippen LogP contribution < -0.4 is 5.73 Å². The van der Waals surface area contributed by atoms with E-state index >= 15 is 0 Å². The van der Waals surface area contributed by atoms with Crippen molar-refractivity contribution in [3.63, 3.8) is 0 Å². The minimum Gasteiger partial charge on any atom is -0.330 e. The average Bonchev–Trinajstić information content (AvgIpc) is 2.50. The maximum absolute atomic E-state index is 5.77. The lowest BCUT2D eigenvalue weighted by molar-refractivity contribution is 0.244. The first-order valence-electron chi connectivity index (χ1n) is 4.75. The summed E-state index contributed by atoms with van der Waals surface area (Å²) in [4.78, 5) is 0. The van der Waals surface area contributed by atoms with Crippen molar-refractivity contribution in [2.45, 2.75) is 32.6 Å². The maximum Gasteiger partial charge on any atom is 0.0905 e. The van der Waals surface area contributed by atoms with Crippen molar-refractivity contribution in [1.29, 1.82) is 0 Å². The first kappa shape index (κ1) is 8.69. The number of fused-ring (bicyclic) bond motifs is 1. The molecule has 4 heteroatoms. The normalized spacial score (nSPS) is 25.6. The van der Waals surface area contributed by atoms with E-state index in [2.05, 4.69) is 29.3 Å². The maximum atomic E-state index is 5.77. The van der Waals surface area contributed by atoms with Crippen molar-refractivity contribution in [2.75, 3.05) is 6.54 Å². The van der Waals surface area contributed by atoms with E-state index in [-0.39, 0.29) is 5.41 Å². The minimum absolute atomic E-state index is 0.263. The number of aromatic amines is 1. The summed E-state index contributed by atoms with van der Waals surface area (Å²) in [7, 11) is 0. The summed E-state index contributed by atoms with van der Waals surface area (Å²) < 4.78 is 0. The molecule has 1 atom stereocenters. The van der Waals surface area contributed by atoms with Crippen LogP contribution >= 0.6 is 0 Å². The number of hydrogen-bond acceptors (Lipinski definition) is 3. The molecule has 1 unspecified atom stereocenters. The lowest BCUT2D eigenvalue weighted by atomic mass is 9.69. The van der Waals surface area contributed by atoms with E-state index in [4.69, 9.17) is 5.73 Å². The highest BCUT2D eigenvalue weighted by atomic mass is 15.3. The van der Waals surface area contributed by atoms with E-state index < -0.39 is 0 Å². The van der Waals surface area contributed by atoms with Gasteiger partial charge in [0.15, 0.2) is 0 Å². The first-order valence-corrected chi connectivity index (χ1v) is 4.75. The highest BCUT2D eigenvalue weighted by Gasteiger charge is 2.37. The van der Waals surface area contributed by atoms with Crippen molar-refractivity contribution in [3.05, 3.63) is 11.4 Å². The molecule has 1 aliphatic carbocycles. The lowest BCUT2D eigenvalue weighted by Gasteiger charge is -2.36. The summed E-state index contributed by atoms with van der Waals surface area (Å²) in [5.74, 6) is 0.356. The highest BCUT2D eigenvalue weighted by molar-refractivity contribution is 5.21. The van der Waals surface area contributed by atoms with Gasteiger partial charge >= 0.3 is 0 Å². The summed E-state index contributed by atoms with van der Waals surface area (Å²) in [6.45, 7) is 5.16. The molecule has 0 amide bonds. The molecule has 0 saturated heterocycles. The first-order chi connectivity index (χ1) is 6.15. The van der Waals surface area contributed by atoms with Gasteiger partial charge in [0, 0.05) is 12.5 Å². The minimum atomic E-state index is 0.263. The number of aryl methyl sites for hydroxylation is 1. The number of hydrogen-bond donors (Lipinski definition) is 2. The molecule has 0 radical (unpaired) electrons. The number of H-pyrrole nitrogens is 1. The topological polar surface area (TPSA) is 67.6 Å². The Bertz CT molecular complexity index is 302. The second-order valence-corrected chi connectivity index (χ2v) is 4.43. The fourth-order valence-electron chi connectivity index (χ4n) is 2.14. The van der Waals surface area contributed by atoms with Gasteiger partial charge in [-0.1, -0.05) is 13.8 Å². The van der Waals surface area contributed by atoms with Crippen LogP contribution in [0.3, 0.4) is 0 Å². The van der Waals surface area contributed by atoms with Gasteiger partial charge in [-0.05, 0) is 18.3 Å². The Kier molecular flexibility index (Phi) is 1.87. The summed E-state index contributed by atoms with van der Waals surface area (Å²) >= 11 is 0. The van der Waals surface area contributed by atoms with E-state index in [9.17, 15) is 0 Å². The van der Waals surface area contributed by atoms with Gasteiger partial charge in [0.1, 0.15) is 0 Å². The summed E-state index contributed by atoms with van der Waals surface area (Å²) in [5.41, 5.74) is 8.22. The summed E-state index contributed by atoms with van der Waals surface area (Å²) in [6.07, 6.45) is 2.17. The third kappa shape index (κ3) is 1.25. The largest absolute Gasteiger partial charge is 0.330 e. The molecule has 4 nitrogen and oxygen atoms in total. The number of nitrogens with two attached hydrogens (primary N) is 1. The molecule has 0 bridgehead atoms. The molecular weight excluding hydrogens is 164 g/mol. The molecule has 0 spiro atoms. The third-order valence-electron chi connectivity index (χ3n) is 3.17. The van der Waals surface area contributed by atoms with Crippen molar-refractivity contribution in [2.24, 2.45) is 11.1 Å². The molecule has 13 heavy (non-hydrogen) atoms. The van der Waals surface area contributed by atoms with E-state index in [1.165, 1.54) is 0 Å². The zero-order chi connectivity index (χ0) is 9.47. The van der Waals surface area contributed by atoms with Gasteiger partial charge in [0.25, 0.3) is 0 Å². The second-order valence-electron chi connectivity index (χ2n) is 4.43. The quantitative estimate of drug-likeness (QED) is 0.672. The Hall–Kier alpha value is -0.900. The standard InChI is InChI=1S/C9H16N4/c1-9(2)4-3-7-8(6(9)5-10)12-13-11-7/h6H,3-5,10H2,1-2H3,(H,11,12,13). The molecular formula is C9H16N4. The predicted octanol–water partition coefficient (Wildman–Crippen LogP) is 0.819. The van der Waals surface area contributed by atoms with Crippen LogP contribution in [0.5, 0.6) is 0 Å². The van der Waals surface area contributed by atoms with E-state index in [1.54, 1.807) is 0 Å². The molecule has 1 aromatic heterocycles. The van der Waals surface area contributed by atoms with Crippen LogP contribution in [0.15, 0.2) is 0 Å². The lowest BCUT2D eigenvalue weighted by Crippen LogP contribution is -2.33. The van der Waals surface area contributed by atoms with E-state index in [1.807, 2.05) is 0 Å². The predicted molar refractivity (Wildman–Crippen MR) is 50.3 cm³/mol. The Morgan fingerprint density at radius 3 is 3.00 bits per heavy atom. The van der Waals surface area contributed by atoms with Crippen LogP contribution in [0.4, 0.5) is 0 Å². The fourth-order valence-corrected chi connectivity index (χ4v) is 2.14. The van der Waals surface area contributed by atoms with Gasteiger partial charge in [-0.15, -0.1) is 0 Å². The van der Waals surface area contributed by atoms with Crippen LogP contribution in [-0.2, 0) is 6.42 Å². The summed E-state index contributed by atoms with van der Waals surface area (Å²) in [5, 5.41) is 11.0. The average molecular weight is 180 g/mol. The van der Waals surface area contributed by atoms with Crippen molar-refractivity contribution in [1.82, 2.24) is 15.4 Å². The Morgan fingerprint density at radius 1 is 1.54 bits per heavy atom. The molecule has 0 aliphatic heterocycles. The van der Waals surface area contributed by atoms with Gasteiger partial charge in [-0.25, -0.2) is 0 Å². The molecule has 0 aromatic carbocycles. The van der Waals surface area contributed by atoms with Gasteiger partial charge in [0.2, 0.25) is 0 Å². The van der Waals surface area contributed by atoms with Gasteiger partial charge in [-0.3, -0.25) is 0 Å². The smallest absolute Gasteiger partial charge is 0.0905 e. The zero-order valence-electron chi connectivity index (χ0n) is 8.17. The van der Waals surface area contributed by atoms with Crippen molar-refractivity contribution < 1.29 is 0 Å². The molecule has 0 saturated carbocycles. The second kappa shape index (κ2) is 2.80. The summed E-state index contributed by atoms with van der Waals surface area (Å²) in [6, 6.07) is 0. The molecule has 1 aliphatic rings. The SMILES string of the molecule is CC1(C)CCc2n[nH]nc2C1CN. The Morgan fingerprint density at radius 2 is 2.31 bits per heavy atom. The number of nitrogens with zero attached hydrogens (tertiary/aromatic N) is 2. The van der Waals surface area contributed by atoms with Gasteiger partial charge in [-0.2, -0.15) is 15.4 Å². The Labute approximate surface area is 77.9 Å². The van der Waals surface area contributed by atoms with Crippen LogP contribution in [0, 0.1) is 5.41 Å². The third-order valence-corrected chi connectivity index (χ3v) is 3.17. The molecule has 1 aromatic rings. The van der Waals surface area contributed by atoms with Crippen LogP contribution in [0.1, 0.15) is 37.6 Å². The van der Waals surface area contributed by atoms with Crippen molar-refractivity contribution in [3.8, 4) is 0 Å². The monoisotopic (exact) mass is 180 g/mol. The van der Waals surface area contributed by atoms with Crippen LogP contribution in [-0.4, -0.2) is 22.0 Å². The molecule has 0 fully saturated rings. The van der Waals surface area contributed by atoms with Crippen molar-refractivity contribution >= 4 is 0 Å². The van der Waals surface area contributed by atoms with Crippen LogP contribution in [0.2, 0.25) is 0 Å². The number of nitrogens with one attached hydrogen (secondary N) is 1. The van der Waals surface area contributed by atoms with Gasteiger partial charge in [0.05, 0.1) is 11.4 Å². The number of aromatic nitrogens is 3. The number of rotatable bonds is 1. The van der Waals surface area contributed by atoms with Gasteiger partial charge < -0.3 is 5.73 Å². The Balaban J connectivity index is 2.41.